The number of hydrogen-bond donors (Lipinski definition) is 3. The van der Waals surface area contributed by atoms with E-state index in [1.165, 1.54) is 12.1 Å². The second kappa shape index (κ2) is 8.20. The van der Waals surface area contributed by atoms with Crippen LogP contribution in [0.15, 0.2) is 42.5 Å². The molecule has 1 aliphatic heterocycles. The second-order valence-electron chi connectivity index (χ2n) is 9.90. The minimum absolute atomic E-state index is 0. The van der Waals surface area contributed by atoms with Gasteiger partial charge in [-0.1, -0.05) is 19.9 Å². The lowest BCUT2D eigenvalue weighted by molar-refractivity contribution is -0.286. The first-order valence-electron chi connectivity index (χ1n) is 11.7. The monoisotopic (exact) mass is 490 g/mol. The number of anilines is 1. The number of aliphatic hydroxyl groups is 2. The third kappa shape index (κ3) is 4.12. The molecule has 0 radical (unpaired) electrons. The van der Waals surface area contributed by atoms with E-state index < -0.39 is 11.7 Å². The molecule has 1 saturated carbocycles. The highest BCUT2D eigenvalue weighted by Crippen LogP contribution is 2.52. The number of halogens is 2. The Balaban J connectivity index is 0.00000190. The Bertz CT molecular complexity index is 1310. The third-order valence-corrected chi connectivity index (χ3v) is 7.05. The van der Waals surface area contributed by atoms with Crippen LogP contribution in [0.1, 0.15) is 47.2 Å². The minimum atomic E-state index is -3.70. The van der Waals surface area contributed by atoms with Crippen molar-refractivity contribution in [3.63, 3.8) is 0 Å². The molecule has 0 atom stereocenters. The zero-order valence-electron chi connectivity index (χ0n) is 19.6. The second-order valence-corrected chi connectivity index (χ2v) is 9.90. The first-order chi connectivity index (χ1) is 16.6. The van der Waals surface area contributed by atoms with Gasteiger partial charge < -0.3 is 29.6 Å². The highest BCUT2D eigenvalue weighted by atomic mass is 19.3. The highest BCUT2D eigenvalue weighted by Gasteiger charge is 2.52. The van der Waals surface area contributed by atoms with Crippen molar-refractivity contribution >= 4 is 22.5 Å². The quantitative estimate of drug-likeness (QED) is 0.423. The van der Waals surface area contributed by atoms with Gasteiger partial charge in [-0.2, -0.15) is 0 Å². The molecule has 3 aromatic rings. The Morgan fingerprint density at radius 3 is 2.51 bits per heavy atom. The number of carbonyl (C=O) groups is 1. The van der Waals surface area contributed by atoms with Crippen LogP contribution in [0, 0.1) is 0 Å². The molecule has 0 bridgehead atoms. The maximum Gasteiger partial charge on any atom is 0.586 e. The van der Waals surface area contributed by atoms with E-state index in [2.05, 4.69) is 14.8 Å². The summed E-state index contributed by atoms with van der Waals surface area (Å²) < 4.78 is 37.9. The van der Waals surface area contributed by atoms with Crippen LogP contribution >= 0.6 is 0 Å². The van der Waals surface area contributed by atoms with Crippen molar-refractivity contribution in [3.8, 4) is 11.5 Å². The predicted octanol–water partition coefficient (Wildman–Crippen LogP) is 4.78. The van der Waals surface area contributed by atoms with Crippen molar-refractivity contribution in [2.45, 2.75) is 56.8 Å². The summed E-state index contributed by atoms with van der Waals surface area (Å²) in [6, 6.07) is 12.1. The van der Waals surface area contributed by atoms with Crippen molar-refractivity contribution in [1.82, 2.24) is 4.57 Å². The number of nitrogens with one attached hydrogen (secondary N) is 1. The molecule has 7 nitrogen and oxygen atoms in total. The molecule has 1 aliphatic carbocycles. The van der Waals surface area contributed by atoms with Crippen molar-refractivity contribution in [2.24, 2.45) is 0 Å². The summed E-state index contributed by atoms with van der Waals surface area (Å²) in [5, 5.41) is 23.0. The molecule has 9 heteroatoms. The van der Waals surface area contributed by atoms with E-state index in [4.69, 9.17) is 0 Å². The molecule has 1 fully saturated rings. The molecule has 1 amide bonds. The van der Waals surface area contributed by atoms with Crippen molar-refractivity contribution in [2.75, 3.05) is 18.5 Å². The Hall–Kier alpha value is -3.17. The van der Waals surface area contributed by atoms with E-state index in [-0.39, 0.29) is 38.9 Å². The van der Waals surface area contributed by atoms with E-state index in [0.717, 1.165) is 16.6 Å². The van der Waals surface area contributed by atoms with E-state index in [1.54, 1.807) is 6.07 Å². The van der Waals surface area contributed by atoms with Crippen LogP contribution in [0.2, 0.25) is 0 Å². The number of aliphatic hydroxyl groups excluding tert-OH is 2. The standard InChI is InChI=1S/C26H28F2N2O5.2H2/c1-24(2,9-11-31)22-14-16-13-18(4-5-19(16)30(22)10-12-32)29-23(33)25(7-8-25)17-3-6-20-21(15-17)35-26(27,28)34-20;;/h3-6,13-15,31-32H,7-12H2,1-2H3,(H,29,33);2*1H. The molecule has 0 saturated heterocycles. The summed E-state index contributed by atoms with van der Waals surface area (Å²) in [6.07, 6.45) is -1.93. The van der Waals surface area contributed by atoms with Crippen LogP contribution in [0.4, 0.5) is 14.5 Å². The molecule has 2 aromatic carbocycles. The molecular weight excluding hydrogens is 458 g/mol. The maximum absolute atomic E-state index is 13.4. The molecule has 2 heterocycles. The van der Waals surface area contributed by atoms with E-state index in [0.29, 0.717) is 37.1 Å². The first-order valence-corrected chi connectivity index (χ1v) is 11.7. The molecule has 190 valence electrons. The van der Waals surface area contributed by atoms with Gasteiger partial charge in [0.05, 0.1) is 12.0 Å². The van der Waals surface area contributed by atoms with E-state index in [1.807, 2.05) is 42.7 Å². The minimum Gasteiger partial charge on any atom is -0.396 e. The molecule has 0 unspecified atom stereocenters. The largest absolute Gasteiger partial charge is 0.586 e. The summed E-state index contributed by atoms with van der Waals surface area (Å²) in [5.41, 5.74) is 2.04. The molecule has 3 N–H and O–H groups in total. The molecule has 0 spiro atoms. The van der Waals surface area contributed by atoms with Gasteiger partial charge in [-0.05, 0) is 61.2 Å². The zero-order chi connectivity index (χ0) is 25.0. The summed E-state index contributed by atoms with van der Waals surface area (Å²) in [5.74, 6) is -0.331. The Morgan fingerprint density at radius 1 is 1.09 bits per heavy atom. The normalized spacial score (nSPS) is 17.5. The number of amides is 1. The SMILES string of the molecule is CC(C)(CCO)c1cc2cc(NC(=O)C3(c4ccc5c(c4)OC(F)(F)O5)CC3)ccc2n1CCO.[HH].[HH]. The van der Waals surface area contributed by atoms with E-state index in [9.17, 15) is 23.8 Å². The van der Waals surface area contributed by atoms with Crippen LogP contribution in [0.5, 0.6) is 11.5 Å². The molecule has 1 aromatic heterocycles. The summed E-state index contributed by atoms with van der Waals surface area (Å²) in [7, 11) is 0. The van der Waals surface area contributed by atoms with Crippen molar-refractivity contribution in [1.29, 1.82) is 0 Å². The topological polar surface area (TPSA) is 93.0 Å². The van der Waals surface area contributed by atoms with Crippen LogP contribution in [0.3, 0.4) is 0 Å². The van der Waals surface area contributed by atoms with Crippen molar-refractivity contribution in [3.05, 3.63) is 53.7 Å². The maximum atomic E-state index is 13.4. The fraction of sp³-hybridized carbons (Fsp3) is 0.423. The van der Waals surface area contributed by atoms with Gasteiger partial charge in [0, 0.05) is 43.7 Å². The number of carbonyl (C=O) groups excluding carboxylic acids is 1. The Labute approximate surface area is 204 Å². The number of benzene rings is 2. The van der Waals surface area contributed by atoms with E-state index >= 15 is 0 Å². The molecule has 2 aliphatic rings. The number of alkyl halides is 2. The van der Waals surface area contributed by atoms with Gasteiger partial charge in [0.1, 0.15) is 0 Å². The Morgan fingerprint density at radius 2 is 1.83 bits per heavy atom. The third-order valence-electron chi connectivity index (χ3n) is 7.05. The number of nitrogens with zero attached hydrogens (tertiary/aromatic N) is 1. The summed E-state index contributed by atoms with van der Waals surface area (Å²) in [6.45, 7) is 4.55. The number of hydrogen-bond acceptors (Lipinski definition) is 5. The van der Waals surface area contributed by atoms with Crippen LogP contribution in [-0.2, 0) is 22.2 Å². The highest BCUT2D eigenvalue weighted by molar-refractivity contribution is 6.02. The van der Waals surface area contributed by atoms with Gasteiger partial charge >= 0.3 is 6.29 Å². The average molecular weight is 491 g/mol. The smallest absolute Gasteiger partial charge is 0.396 e. The summed E-state index contributed by atoms with van der Waals surface area (Å²) in [4.78, 5) is 13.3. The van der Waals surface area contributed by atoms with Crippen molar-refractivity contribution < 1.29 is 36.1 Å². The zero-order valence-corrected chi connectivity index (χ0v) is 19.6. The van der Waals surface area contributed by atoms with Gasteiger partial charge in [0.25, 0.3) is 0 Å². The fourth-order valence-electron chi connectivity index (χ4n) is 4.93. The van der Waals surface area contributed by atoms with Crippen LogP contribution in [0.25, 0.3) is 10.9 Å². The first kappa shape index (κ1) is 23.6. The summed E-state index contributed by atoms with van der Waals surface area (Å²) >= 11 is 0. The number of ether oxygens (including phenoxy) is 2. The van der Waals surface area contributed by atoms with Crippen LogP contribution in [-0.4, -0.2) is 40.2 Å². The van der Waals surface area contributed by atoms with Crippen LogP contribution < -0.4 is 14.8 Å². The lowest BCUT2D eigenvalue weighted by Crippen LogP contribution is -2.27. The molecular formula is C26H32F2N2O5. The number of rotatable bonds is 8. The predicted molar refractivity (Wildman–Crippen MR) is 130 cm³/mol. The van der Waals surface area contributed by atoms with Gasteiger partial charge in [-0.3, -0.25) is 4.79 Å². The van der Waals surface area contributed by atoms with Gasteiger partial charge in [0.15, 0.2) is 11.5 Å². The van der Waals surface area contributed by atoms with Gasteiger partial charge in [-0.15, -0.1) is 8.78 Å². The molecule has 5 rings (SSSR count). The van der Waals surface area contributed by atoms with Gasteiger partial charge in [0.2, 0.25) is 5.91 Å². The number of aromatic nitrogens is 1. The van der Waals surface area contributed by atoms with Gasteiger partial charge in [-0.25, -0.2) is 0 Å². The average Bonchev–Trinajstić information content (AvgIpc) is 3.43. The Kier molecular flexibility index (Phi) is 5.52. The number of fused-ring (bicyclic) bond motifs is 2. The molecule has 35 heavy (non-hydrogen) atoms. The fourth-order valence-corrected chi connectivity index (χ4v) is 4.93. The lowest BCUT2D eigenvalue weighted by Gasteiger charge is -2.26. The lowest BCUT2D eigenvalue weighted by atomic mass is 9.85.